The van der Waals surface area contributed by atoms with E-state index in [1.165, 1.54) is 17.7 Å². The maximum absolute atomic E-state index is 12.9. The van der Waals surface area contributed by atoms with E-state index in [0.29, 0.717) is 115 Å². The molecule has 0 radical (unpaired) electrons. The standard InChI is InChI=1S/C70H93ClN8O14S2/c1-7-36-78-61-28-26-57(94(83,84)85)47-59(61)69(3,4)64(78)17-11-9-12-18-65-70(5,60-48-58(95(86,87)88)27-29-62(60)79(65)37-8-2)32-14-10-13-19-66(80)72-34-42-93-51-56-50-77(76-75-56)38-43-92-45-44-91-40-31-67(81)74-49-53-21-24-55(25-22-53)68(82)73-35-41-90-39-30-54-23-20-52(16-15-33-71)46-63(54)89-6/h9,11-12,17-18,20-29,46-48,50H,7-8,10,13-16,19,30-45,49,51H2,1-6H3,(H4-,72,73,74,80,81,82,83,84,85,86,87,88)/p+1. The summed E-state index contributed by atoms with van der Waals surface area (Å²) in [6.45, 7) is 15.8. The normalized spacial score (nSPS) is 15.7. The first-order chi connectivity index (χ1) is 45.6. The number of carbonyl (C=O) groups is 3. The van der Waals surface area contributed by atoms with E-state index < -0.39 is 31.1 Å². The van der Waals surface area contributed by atoms with Crippen molar-refractivity contribution in [3.63, 3.8) is 0 Å². The van der Waals surface area contributed by atoms with Gasteiger partial charge in [0.2, 0.25) is 17.5 Å². The third-order valence-electron chi connectivity index (χ3n) is 16.8. The number of unbranched alkanes of at least 4 members (excludes halogenated alkanes) is 2. The lowest BCUT2D eigenvalue weighted by atomic mass is 9.77. The molecule has 4 aromatic carbocycles. The first-order valence-corrected chi connectivity index (χ1v) is 36.1. The summed E-state index contributed by atoms with van der Waals surface area (Å²) in [5.74, 6) is 1.00. The Bertz CT molecular complexity index is 3740. The second kappa shape index (κ2) is 36.8. The molecule has 0 saturated heterocycles. The van der Waals surface area contributed by atoms with E-state index in [2.05, 4.69) is 74.7 Å². The van der Waals surface area contributed by atoms with Gasteiger partial charge in [-0.15, -0.1) is 16.7 Å². The van der Waals surface area contributed by atoms with Crippen molar-refractivity contribution in [2.45, 2.75) is 146 Å². The summed E-state index contributed by atoms with van der Waals surface area (Å²) >= 11 is 5.83. The largest absolute Gasteiger partial charge is 0.496 e. The van der Waals surface area contributed by atoms with Crippen LogP contribution in [0.5, 0.6) is 5.75 Å². The number of aryl methyl sites for hydroxylation is 1. The Balaban J connectivity index is 0.738. The molecular weight excluding hydrogens is 1280 g/mol. The number of amides is 3. The number of hydrogen-bond acceptors (Lipinski definition) is 15. The van der Waals surface area contributed by atoms with Crippen LogP contribution in [0.25, 0.3) is 0 Å². The van der Waals surface area contributed by atoms with Gasteiger partial charge in [0.1, 0.15) is 18.0 Å². The highest BCUT2D eigenvalue weighted by atomic mass is 35.5. The van der Waals surface area contributed by atoms with Crippen molar-refractivity contribution in [2.24, 2.45) is 0 Å². The molecular formula is C70H94ClN8O14S2+. The minimum atomic E-state index is -4.48. The highest BCUT2D eigenvalue weighted by Gasteiger charge is 2.45. The Labute approximate surface area is 565 Å². The van der Waals surface area contributed by atoms with E-state index in [9.17, 15) is 40.3 Å². The average molecular weight is 1370 g/mol. The van der Waals surface area contributed by atoms with Gasteiger partial charge in [0, 0.05) is 91.4 Å². The van der Waals surface area contributed by atoms with Crippen molar-refractivity contribution in [2.75, 3.05) is 90.3 Å². The molecule has 0 aliphatic carbocycles. The van der Waals surface area contributed by atoms with Crippen LogP contribution in [-0.4, -0.2) is 154 Å². The molecule has 2 aliphatic heterocycles. The number of allylic oxidation sites excluding steroid dienone is 6. The first kappa shape index (κ1) is 75.3. The van der Waals surface area contributed by atoms with Gasteiger partial charge in [0.05, 0.1) is 87.9 Å². The van der Waals surface area contributed by atoms with Gasteiger partial charge in [0.15, 0.2) is 5.71 Å². The molecule has 516 valence electrons. The topological polar surface area (TPSA) is 279 Å². The second-order valence-electron chi connectivity index (χ2n) is 24.2. The van der Waals surface area contributed by atoms with Gasteiger partial charge in [-0.25, -0.2) is 4.68 Å². The smallest absolute Gasteiger partial charge is 0.294 e. The number of hydrogen-bond donors (Lipinski definition) is 5. The quantitative estimate of drug-likeness (QED) is 0.00799. The van der Waals surface area contributed by atoms with E-state index in [1.54, 1.807) is 54.4 Å². The summed E-state index contributed by atoms with van der Waals surface area (Å²) in [4.78, 5) is 39.9. The summed E-state index contributed by atoms with van der Waals surface area (Å²) in [6.07, 6.45) is 19.2. The lowest BCUT2D eigenvalue weighted by Crippen LogP contribution is -2.29. The van der Waals surface area contributed by atoms with Crippen LogP contribution < -0.4 is 25.6 Å². The van der Waals surface area contributed by atoms with E-state index in [0.717, 1.165) is 89.3 Å². The highest BCUT2D eigenvalue weighted by Crippen LogP contribution is 2.51. The molecule has 0 saturated carbocycles. The first-order valence-electron chi connectivity index (χ1n) is 32.7. The van der Waals surface area contributed by atoms with Gasteiger partial charge in [-0.05, 0) is 136 Å². The summed E-state index contributed by atoms with van der Waals surface area (Å²) in [5, 5.41) is 17.0. The maximum Gasteiger partial charge on any atom is 0.294 e. The number of halogens is 1. The van der Waals surface area contributed by atoms with Gasteiger partial charge >= 0.3 is 0 Å². The van der Waals surface area contributed by atoms with Crippen molar-refractivity contribution < 1.29 is 68.6 Å². The molecule has 1 unspecified atom stereocenters. The number of ether oxygens (including phenoxy) is 5. The Kier molecular flexibility index (Phi) is 29.2. The van der Waals surface area contributed by atoms with Crippen molar-refractivity contribution in [3.8, 4) is 5.75 Å². The van der Waals surface area contributed by atoms with Crippen LogP contribution in [-0.2, 0) is 92.1 Å². The molecule has 1 atom stereocenters. The average Bonchev–Trinajstić information content (AvgIpc) is 1.59. The molecule has 0 fully saturated rings. The Morgan fingerprint density at radius 1 is 0.684 bits per heavy atom. The summed E-state index contributed by atoms with van der Waals surface area (Å²) < 4.78 is 101. The zero-order valence-corrected chi connectivity index (χ0v) is 58.0. The van der Waals surface area contributed by atoms with Gasteiger partial charge in [0.25, 0.3) is 26.1 Å². The second-order valence-corrected chi connectivity index (χ2v) is 27.4. The van der Waals surface area contributed by atoms with Gasteiger partial charge in [-0.1, -0.05) is 74.4 Å². The van der Waals surface area contributed by atoms with Crippen LogP contribution in [0.1, 0.15) is 136 Å². The molecule has 1 aromatic heterocycles. The molecule has 3 amide bonds. The summed E-state index contributed by atoms with van der Waals surface area (Å²) in [6, 6.07) is 22.8. The van der Waals surface area contributed by atoms with E-state index >= 15 is 0 Å². The molecule has 3 heterocycles. The highest BCUT2D eigenvalue weighted by molar-refractivity contribution is 7.86. The number of nitrogens with one attached hydrogen (secondary N) is 3. The lowest BCUT2D eigenvalue weighted by Gasteiger charge is -2.30. The molecule has 5 aromatic rings. The summed E-state index contributed by atoms with van der Waals surface area (Å²) in [5.41, 5.74) is 8.40. The molecule has 5 N–H and O–H groups in total. The van der Waals surface area contributed by atoms with Crippen molar-refractivity contribution in [3.05, 3.63) is 160 Å². The Hall–Kier alpha value is -7.13. The lowest BCUT2D eigenvalue weighted by molar-refractivity contribution is -0.437. The minimum Gasteiger partial charge on any atom is -0.496 e. The van der Waals surface area contributed by atoms with Crippen molar-refractivity contribution >= 4 is 66.6 Å². The van der Waals surface area contributed by atoms with E-state index in [-0.39, 0.29) is 53.8 Å². The third kappa shape index (κ3) is 21.9. The monoisotopic (exact) mass is 1370 g/mol. The fraction of sp³-hybridized carbons (Fsp3) is 0.486. The van der Waals surface area contributed by atoms with Gasteiger partial charge in [-0.3, -0.25) is 23.5 Å². The predicted molar refractivity (Wildman–Crippen MR) is 366 cm³/mol. The fourth-order valence-corrected chi connectivity index (χ4v) is 12.9. The van der Waals surface area contributed by atoms with Crippen LogP contribution in [0, 0.1) is 0 Å². The van der Waals surface area contributed by atoms with Crippen LogP contribution in [0.2, 0.25) is 0 Å². The molecule has 7 rings (SSSR count). The van der Waals surface area contributed by atoms with E-state index in [4.69, 9.17) is 35.3 Å². The van der Waals surface area contributed by atoms with Gasteiger partial charge in [-0.2, -0.15) is 21.4 Å². The molecule has 0 bridgehead atoms. The SMILES string of the molecule is CCCN1/C(=C/C=C/C=C/C2=[N+](CCC)c3ccc(S(=O)(=O)O)cc3C2(C)C)C(C)(CCCCCC(=O)NCCOCc2cn(CCOCCOCCC(=O)NCc3ccc(C(=O)NCCOCCc4ccc(CCCCl)cc4OC)cc3)nn2)c2cc(S(=O)(=O)O)ccc21. The number of rotatable bonds is 42. The number of carbonyl (C=O) groups excluding carboxylic acids is 3. The Morgan fingerprint density at radius 2 is 1.38 bits per heavy atom. The van der Waals surface area contributed by atoms with Crippen molar-refractivity contribution in [1.29, 1.82) is 0 Å². The minimum absolute atomic E-state index is 0.0916. The summed E-state index contributed by atoms with van der Waals surface area (Å²) in [7, 11) is -7.21. The number of alkyl halides is 1. The zero-order chi connectivity index (χ0) is 68.4. The molecule has 2 aliphatic rings. The number of nitrogens with zero attached hydrogens (tertiary/aromatic N) is 5. The third-order valence-corrected chi connectivity index (χ3v) is 18.8. The Morgan fingerprint density at radius 3 is 2.11 bits per heavy atom. The van der Waals surface area contributed by atoms with Gasteiger partial charge < -0.3 is 44.5 Å². The molecule has 95 heavy (non-hydrogen) atoms. The molecule has 25 heteroatoms. The number of fused-ring (bicyclic) bond motifs is 2. The number of aromatic nitrogens is 3. The van der Waals surface area contributed by atoms with Crippen LogP contribution in [0.3, 0.4) is 0 Å². The zero-order valence-electron chi connectivity index (χ0n) is 55.6. The van der Waals surface area contributed by atoms with E-state index in [1.807, 2.05) is 56.4 Å². The van der Waals surface area contributed by atoms with Crippen LogP contribution >= 0.6 is 11.6 Å². The van der Waals surface area contributed by atoms with Crippen molar-refractivity contribution in [1.82, 2.24) is 30.9 Å². The maximum atomic E-state index is 12.9. The molecule has 0 spiro atoms. The number of methoxy groups -OCH3 is 1. The fourth-order valence-electron chi connectivity index (χ4n) is 11.8. The molecule has 22 nitrogen and oxygen atoms in total. The predicted octanol–water partition coefficient (Wildman–Crippen LogP) is 9.93. The van der Waals surface area contributed by atoms with Crippen LogP contribution in [0.4, 0.5) is 11.4 Å². The van der Waals surface area contributed by atoms with Crippen LogP contribution in [0.15, 0.2) is 131 Å². The number of anilines is 1. The number of benzene rings is 4.